The van der Waals surface area contributed by atoms with Crippen molar-refractivity contribution in [2.24, 2.45) is 11.7 Å². The van der Waals surface area contributed by atoms with Crippen molar-refractivity contribution in [1.82, 2.24) is 0 Å². The van der Waals surface area contributed by atoms with E-state index in [0.717, 1.165) is 13.0 Å². The molecular weight excluding hydrogens is 126 g/mol. The molecule has 0 unspecified atom stereocenters. The lowest BCUT2D eigenvalue weighted by Crippen LogP contribution is -2.35. The first-order valence-electron chi connectivity index (χ1n) is 3.84. The van der Waals surface area contributed by atoms with Crippen LogP contribution in [0.1, 0.15) is 34.1 Å². The molecule has 0 saturated carbocycles. The van der Waals surface area contributed by atoms with Gasteiger partial charge < -0.3 is 10.5 Å². The monoisotopic (exact) mass is 145 g/mol. The van der Waals surface area contributed by atoms with E-state index in [4.69, 9.17) is 10.5 Å². The standard InChI is InChI=1S/C8H19NO/c1-7(2)5-6-10-8(3,4)9/h7H,5-6,9H2,1-4H3. The molecule has 0 rings (SSSR count). The lowest BCUT2D eigenvalue weighted by atomic mass is 10.1. The lowest BCUT2D eigenvalue weighted by molar-refractivity contribution is -0.0171. The molecule has 0 radical (unpaired) electrons. The zero-order valence-corrected chi connectivity index (χ0v) is 7.48. The van der Waals surface area contributed by atoms with Crippen molar-refractivity contribution in [1.29, 1.82) is 0 Å². The zero-order valence-electron chi connectivity index (χ0n) is 7.48. The van der Waals surface area contributed by atoms with E-state index >= 15 is 0 Å². The smallest absolute Gasteiger partial charge is 0.111 e. The topological polar surface area (TPSA) is 35.2 Å². The Hall–Kier alpha value is -0.0800. The van der Waals surface area contributed by atoms with Crippen molar-refractivity contribution in [3.8, 4) is 0 Å². The van der Waals surface area contributed by atoms with Crippen LogP contribution in [0.5, 0.6) is 0 Å². The summed E-state index contributed by atoms with van der Waals surface area (Å²) in [4.78, 5) is 0. The predicted molar refractivity (Wildman–Crippen MR) is 43.7 cm³/mol. The van der Waals surface area contributed by atoms with Crippen molar-refractivity contribution in [2.45, 2.75) is 39.8 Å². The second kappa shape index (κ2) is 3.94. The van der Waals surface area contributed by atoms with Crippen LogP contribution < -0.4 is 5.73 Å². The van der Waals surface area contributed by atoms with Crippen molar-refractivity contribution >= 4 is 0 Å². The van der Waals surface area contributed by atoms with Crippen molar-refractivity contribution < 1.29 is 4.74 Å². The summed E-state index contributed by atoms with van der Waals surface area (Å²) < 4.78 is 5.32. The molecule has 10 heavy (non-hydrogen) atoms. The molecule has 2 nitrogen and oxygen atoms in total. The molecule has 0 spiro atoms. The molecular formula is C8H19NO. The van der Waals surface area contributed by atoms with E-state index in [0.29, 0.717) is 5.92 Å². The molecule has 0 aliphatic rings. The van der Waals surface area contributed by atoms with Crippen LogP contribution in [0.2, 0.25) is 0 Å². The Balaban J connectivity index is 3.21. The highest BCUT2D eigenvalue weighted by Gasteiger charge is 2.09. The minimum absolute atomic E-state index is 0.463. The number of rotatable bonds is 4. The summed E-state index contributed by atoms with van der Waals surface area (Å²) in [6.07, 6.45) is 1.08. The Morgan fingerprint density at radius 2 is 1.90 bits per heavy atom. The SMILES string of the molecule is CC(C)CCOC(C)(C)N. The molecule has 0 fully saturated rings. The van der Waals surface area contributed by atoms with Crippen LogP contribution in [-0.2, 0) is 4.74 Å². The summed E-state index contributed by atoms with van der Waals surface area (Å²) in [5, 5.41) is 0. The molecule has 2 heteroatoms. The average molecular weight is 145 g/mol. The number of hydrogen-bond acceptors (Lipinski definition) is 2. The second-order valence-corrected chi connectivity index (χ2v) is 3.63. The maximum atomic E-state index is 5.60. The highest BCUT2D eigenvalue weighted by atomic mass is 16.5. The van der Waals surface area contributed by atoms with Crippen LogP contribution in [0.25, 0.3) is 0 Å². The Morgan fingerprint density at radius 3 is 2.20 bits per heavy atom. The van der Waals surface area contributed by atoms with Crippen molar-refractivity contribution in [3.63, 3.8) is 0 Å². The number of hydrogen-bond donors (Lipinski definition) is 1. The molecule has 0 amide bonds. The Labute approximate surface area is 63.7 Å². The van der Waals surface area contributed by atoms with Gasteiger partial charge in [-0.15, -0.1) is 0 Å². The molecule has 0 atom stereocenters. The fraction of sp³-hybridized carbons (Fsp3) is 1.00. The number of ether oxygens (including phenoxy) is 1. The first-order chi connectivity index (χ1) is 4.42. The fourth-order valence-electron chi connectivity index (χ4n) is 0.558. The van der Waals surface area contributed by atoms with E-state index in [9.17, 15) is 0 Å². The third-order valence-electron chi connectivity index (χ3n) is 1.17. The normalized spacial score (nSPS) is 12.6. The summed E-state index contributed by atoms with van der Waals surface area (Å²) in [6.45, 7) is 8.85. The van der Waals surface area contributed by atoms with Crippen LogP contribution in [-0.4, -0.2) is 12.3 Å². The minimum atomic E-state index is -0.463. The van der Waals surface area contributed by atoms with Gasteiger partial charge in [-0.1, -0.05) is 13.8 Å². The third-order valence-corrected chi connectivity index (χ3v) is 1.17. The first kappa shape index (κ1) is 9.92. The highest BCUT2D eigenvalue weighted by molar-refractivity contribution is 4.56. The van der Waals surface area contributed by atoms with E-state index in [1.165, 1.54) is 0 Å². The molecule has 0 heterocycles. The summed E-state index contributed by atoms with van der Waals surface area (Å²) in [6, 6.07) is 0. The van der Waals surface area contributed by atoms with Crippen LogP contribution in [0, 0.1) is 5.92 Å². The lowest BCUT2D eigenvalue weighted by Gasteiger charge is -2.19. The Morgan fingerprint density at radius 1 is 1.40 bits per heavy atom. The molecule has 62 valence electrons. The van der Waals surface area contributed by atoms with Gasteiger partial charge in [0.15, 0.2) is 0 Å². The molecule has 0 aliphatic heterocycles. The van der Waals surface area contributed by atoms with Gasteiger partial charge in [-0.25, -0.2) is 0 Å². The maximum absolute atomic E-state index is 5.60. The van der Waals surface area contributed by atoms with Gasteiger partial charge in [0.1, 0.15) is 5.72 Å². The fourth-order valence-corrected chi connectivity index (χ4v) is 0.558. The average Bonchev–Trinajstić information content (AvgIpc) is 1.59. The largest absolute Gasteiger partial charge is 0.361 e. The maximum Gasteiger partial charge on any atom is 0.111 e. The zero-order chi connectivity index (χ0) is 8.20. The van der Waals surface area contributed by atoms with E-state index < -0.39 is 5.72 Å². The Kier molecular flexibility index (Phi) is 3.91. The summed E-state index contributed by atoms with van der Waals surface area (Å²) in [5.41, 5.74) is 5.14. The summed E-state index contributed by atoms with van der Waals surface area (Å²) >= 11 is 0. The van der Waals surface area contributed by atoms with E-state index in [-0.39, 0.29) is 0 Å². The summed E-state index contributed by atoms with van der Waals surface area (Å²) in [5.74, 6) is 0.697. The van der Waals surface area contributed by atoms with Gasteiger partial charge in [-0.3, -0.25) is 0 Å². The Bertz CT molecular complexity index is 83.7. The van der Waals surface area contributed by atoms with Gasteiger partial charge in [0, 0.05) is 6.61 Å². The second-order valence-electron chi connectivity index (χ2n) is 3.63. The van der Waals surface area contributed by atoms with Gasteiger partial charge in [0.05, 0.1) is 0 Å². The molecule has 0 aromatic rings. The predicted octanol–water partition coefficient (Wildman–Crippen LogP) is 1.74. The molecule has 0 aromatic heterocycles. The molecule has 0 bridgehead atoms. The van der Waals surface area contributed by atoms with Gasteiger partial charge in [-0.2, -0.15) is 0 Å². The highest BCUT2D eigenvalue weighted by Crippen LogP contribution is 2.04. The molecule has 0 saturated heterocycles. The third kappa shape index (κ3) is 7.92. The van der Waals surface area contributed by atoms with E-state index in [1.807, 2.05) is 13.8 Å². The van der Waals surface area contributed by atoms with Crippen LogP contribution in [0.4, 0.5) is 0 Å². The van der Waals surface area contributed by atoms with Gasteiger partial charge in [0.25, 0.3) is 0 Å². The van der Waals surface area contributed by atoms with Crippen molar-refractivity contribution in [2.75, 3.05) is 6.61 Å². The van der Waals surface area contributed by atoms with Gasteiger partial charge >= 0.3 is 0 Å². The first-order valence-corrected chi connectivity index (χ1v) is 3.84. The van der Waals surface area contributed by atoms with Crippen LogP contribution >= 0.6 is 0 Å². The van der Waals surface area contributed by atoms with Crippen LogP contribution in [0.15, 0.2) is 0 Å². The van der Waals surface area contributed by atoms with E-state index in [1.54, 1.807) is 0 Å². The summed E-state index contributed by atoms with van der Waals surface area (Å²) in [7, 11) is 0. The van der Waals surface area contributed by atoms with E-state index in [2.05, 4.69) is 13.8 Å². The minimum Gasteiger partial charge on any atom is -0.361 e. The number of nitrogens with two attached hydrogens (primary N) is 1. The molecule has 0 aromatic carbocycles. The van der Waals surface area contributed by atoms with Crippen LogP contribution in [0.3, 0.4) is 0 Å². The molecule has 2 N–H and O–H groups in total. The van der Waals surface area contributed by atoms with Gasteiger partial charge in [-0.05, 0) is 26.2 Å². The molecule has 0 aliphatic carbocycles. The quantitative estimate of drug-likeness (QED) is 0.612. The van der Waals surface area contributed by atoms with Gasteiger partial charge in [0.2, 0.25) is 0 Å². The van der Waals surface area contributed by atoms with Crippen molar-refractivity contribution in [3.05, 3.63) is 0 Å².